The molecule has 0 atom stereocenters. The molecule has 0 amide bonds. The van der Waals surface area contributed by atoms with Crippen LogP contribution in [0, 0.1) is 5.92 Å². The van der Waals surface area contributed by atoms with Crippen LogP contribution >= 0.6 is 0 Å². The van der Waals surface area contributed by atoms with Crippen LogP contribution in [0.2, 0.25) is 0 Å². The Balaban J connectivity index is 2.92. The Bertz CT molecular complexity index is 98.9. The van der Waals surface area contributed by atoms with E-state index in [-0.39, 0.29) is 0 Å². The predicted octanol–water partition coefficient (Wildman–Crippen LogP) is 2.83. The first-order chi connectivity index (χ1) is 6.63. The van der Waals surface area contributed by atoms with Crippen molar-refractivity contribution in [2.45, 2.75) is 53.1 Å². The lowest BCUT2D eigenvalue weighted by atomic mass is 10.1. The van der Waals surface area contributed by atoms with E-state index in [9.17, 15) is 0 Å². The molecule has 0 saturated carbocycles. The minimum absolute atomic E-state index is 0.359. The second-order valence-electron chi connectivity index (χ2n) is 4.56. The smallest absolute Gasteiger partial charge is 0.0594 e. The van der Waals surface area contributed by atoms with Crippen LogP contribution in [0.3, 0.4) is 0 Å². The van der Waals surface area contributed by atoms with E-state index in [0.717, 1.165) is 25.6 Å². The van der Waals surface area contributed by atoms with Crippen LogP contribution in [0.4, 0.5) is 0 Å². The SMILES string of the molecule is CC(C)CCCCNCCOC(C)C. The molecule has 0 bridgehead atoms. The number of hydrogen-bond acceptors (Lipinski definition) is 2. The Hall–Kier alpha value is -0.0800. The zero-order valence-corrected chi connectivity index (χ0v) is 10.3. The van der Waals surface area contributed by atoms with Crippen molar-refractivity contribution in [3.63, 3.8) is 0 Å². The highest BCUT2D eigenvalue weighted by atomic mass is 16.5. The van der Waals surface area contributed by atoms with Crippen LogP contribution in [0.5, 0.6) is 0 Å². The zero-order chi connectivity index (χ0) is 10.8. The van der Waals surface area contributed by atoms with E-state index in [1.165, 1.54) is 19.3 Å². The van der Waals surface area contributed by atoms with E-state index >= 15 is 0 Å². The third-order valence-corrected chi connectivity index (χ3v) is 2.12. The van der Waals surface area contributed by atoms with E-state index in [1.54, 1.807) is 0 Å². The summed E-state index contributed by atoms with van der Waals surface area (Å²) in [7, 11) is 0. The maximum absolute atomic E-state index is 5.42. The van der Waals surface area contributed by atoms with Crippen molar-refractivity contribution in [1.29, 1.82) is 0 Å². The molecule has 0 spiro atoms. The summed E-state index contributed by atoms with van der Waals surface area (Å²) < 4.78 is 5.42. The fourth-order valence-corrected chi connectivity index (χ4v) is 1.29. The molecule has 0 unspecified atom stereocenters. The molecular formula is C12H27NO. The molecule has 0 radical (unpaired) electrons. The lowest BCUT2D eigenvalue weighted by Crippen LogP contribution is -2.22. The summed E-state index contributed by atoms with van der Waals surface area (Å²) in [5.74, 6) is 0.847. The second-order valence-corrected chi connectivity index (χ2v) is 4.56. The van der Waals surface area contributed by atoms with Crippen molar-refractivity contribution in [2.75, 3.05) is 19.7 Å². The molecule has 86 valence electrons. The third-order valence-electron chi connectivity index (χ3n) is 2.12. The lowest BCUT2D eigenvalue weighted by molar-refractivity contribution is 0.0809. The first-order valence-electron chi connectivity index (χ1n) is 5.95. The Morgan fingerprint density at radius 1 is 1.00 bits per heavy atom. The van der Waals surface area contributed by atoms with Gasteiger partial charge in [-0.2, -0.15) is 0 Å². The van der Waals surface area contributed by atoms with E-state index in [4.69, 9.17) is 4.74 Å². The molecule has 0 fully saturated rings. The van der Waals surface area contributed by atoms with Gasteiger partial charge in [0.2, 0.25) is 0 Å². The van der Waals surface area contributed by atoms with Gasteiger partial charge in [0.05, 0.1) is 12.7 Å². The van der Waals surface area contributed by atoms with E-state index in [1.807, 2.05) is 0 Å². The van der Waals surface area contributed by atoms with Crippen molar-refractivity contribution in [1.82, 2.24) is 5.32 Å². The maximum atomic E-state index is 5.42. The Labute approximate surface area is 89.4 Å². The fraction of sp³-hybridized carbons (Fsp3) is 1.00. The summed E-state index contributed by atoms with van der Waals surface area (Å²) in [6, 6.07) is 0. The molecule has 0 aromatic carbocycles. The second kappa shape index (κ2) is 9.47. The summed E-state index contributed by atoms with van der Waals surface area (Å²) in [6.07, 6.45) is 4.34. The number of hydrogen-bond donors (Lipinski definition) is 1. The minimum atomic E-state index is 0.359. The van der Waals surface area contributed by atoms with Gasteiger partial charge in [-0.15, -0.1) is 0 Å². The average Bonchev–Trinajstić information content (AvgIpc) is 2.08. The molecule has 0 rings (SSSR count). The highest BCUT2D eigenvalue weighted by Gasteiger charge is 1.94. The zero-order valence-electron chi connectivity index (χ0n) is 10.3. The van der Waals surface area contributed by atoms with Gasteiger partial charge in [-0.1, -0.05) is 26.7 Å². The van der Waals surface area contributed by atoms with Gasteiger partial charge in [0.1, 0.15) is 0 Å². The lowest BCUT2D eigenvalue weighted by Gasteiger charge is -2.08. The monoisotopic (exact) mass is 201 g/mol. The maximum Gasteiger partial charge on any atom is 0.0594 e. The minimum Gasteiger partial charge on any atom is -0.377 e. The highest BCUT2D eigenvalue weighted by molar-refractivity contribution is 4.51. The molecular weight excluding hydrogens is 174 g/mol. The van der Waals surface area contributed by atoms with Gasteiger partial charge < -0.3 is 10.1 Å². The molecule has 0 aliphatic rings. The number of ether oxygens (including phenoxy) is 1. The summed E-state index contributed by atoms with van der Waals surface area (Å²) in [6.45, 7) is 11.7. The highest BCUT2D eigenvalue weighted by Crippen LogP contribution is 2.04. The molecule has 0 heterocycles. The van der Waals surface area contributed by atoms with Crippen LogP contribution in [0.15, 0.2) is 0 Å². The summed E-state index contributed by atoms with van der Waals surface area (Å²) in [5, 5.41) is 3.39. The quantitative estimate of drug-likeness (QED) is 0.579. The Morgan fingerprint density at radius 2 is 1.71 bits per heavy atom. The Kier molecular flexibility index (Phi) is 9.42. The predicted molar refractivity (Wildman–Crippen MR) is 62.6 cm³/mol. The molecule has 0 aliphatic carbocycles. The first kappa shape index (κ1) is 13.9. The molecule has 0 aliphatic heterocycles. The van der Waals surface area contributed by atoms with Gasteiger partial charge in [0.15, 0.2) is 0 Å². The van der Waals surface area contributed by atoms with Gasteiger partial charge in [-0.25, -0.2) is 0 Å². The summed E-state index contributed by atoms with van der Waals surface area (Å²) in [4.78, 5) is 0. The van der Waals surface area contributed by atoms with Crippen LogP contribution in [0.25, 0.3) is 0 Å². The van der Waals surface area contributed by atoms with Crippen molar-refractivity contribution in [3.8, 4) is 0 Å². The molecule has 0 saturated heterocycles. The largest absolute Gasteiger partial charge is 0.377 e. The van der Waals surface area contributed by atoms with Gasteiger partial charge in [0, 0.05) is 6.54 Å². The molecule has 14 heavy (non-hydrogen) atoms. The number of nitrogens with one attached hydrogen (secondary N) is 1. The molecule has 2 nitrogen and oxygen atoms in total. The molecule has 0 aromatic rings. The van der Waals surface area contributed by atoms with Crippen LogP contribution in [-0.4, -0.2) is 25.8 Å². The molecule has 1 N–H and O–H groups in total. The van der Waals surface area contributed by atoms with Crippen molar-refractivity contribution in [3.05, 3.63) is 0 Å². The van der Waals surface area contributed by atoms with E-state index in [2.05, 4.69) is 33.0 Å². The first-order valence-corrected chi connectivity index (χ1v) is 5.95. The van der Waals surface area contributed by atoms with Crippen LogP contribution < -0.4 is 5.32 Å². The van der Waals surface area contributed by atoms with E-state index < -0.39 is 0 Å². The average molecular weight is 201 g/mol. The van der Waals surface area contributed by atoms with Crippen molar-refractivity contribution < 1.29 is 4.74 Å². The van der Waals surface area contributed by atoms with E-state index in [0.29, 0.717) is 6.10 Å². The summed E-state index contributed by atoms with van der Waals surface area (Å²) in [5.41, 5.74) is 0. The molecule has 0 aromatic heterocycles. The number of rotatable bonds is 9. The fourth-order valence-electron chi connectivity index (χ4n) is 1.29. The van der Waals surface area contributed by atoms with Crippen LogP contribution in [-0.2, 0) is 4.74 Å². The molecule has 2 heteroatoms. The van der Waals surface area contributed by atoms with Gasteiger partial charge >= 0.3 is 0 Å². The standard InChI is InChI=1S/C12H27NO/c1-11(2)7-5-6-8-13-9-10-14-12(3)4/h11-13H,5-10H2,1-4H3. The van der Waals surface area contributed by atoms with Gasteiger partial charge in [-0.3, -0.25) is 0 Å². The van der Waals surface area contributed by atoms with Crippen molar-refractivity contribution >= 4 is 0 Å². The van der Waals surface area contributed by atoms with Crippen molar-refractivity contribution in [2.24, 2.45) is 5.92 Å². The Morgan fingerprint density at radius 3 is 2.29 bits per heavy atom. The normalized spacial score (nSPS) is 11.6. The number of unbranched alkanes of at least 4 members (excludes halogenated alkanes) is 1. The third kappa shape index (κ3) is 11.9. The van der Waals surface area contributed by atoms with Gasteiger partial charge in [-0.05, 0) is 32.7 Å². The summed E-state index contributed by atoms with van der Waals surface area (Å²) >= 11 is 0. The topological polar surface area (TPSA) is 21.3 Å². The van der Waals surface area contributed by atoms with Gasteiger partial charge in [0.25, 0.3) is 0 Å². The van der Waals surface area contributed by atoms with Crippen LogP contribution in [0.1, 0.15) is 47.0 Å².